The molecule has 10 heteroatoms. The van der Waals surface area contributed by atoms with E-state index >= 15 is 4.39 Å². The first kappa shape index (κ1) is 29.0. The molecule has 6 bridgehead atoms. The predicted octanol–water partition coefficient (Wildman–Crippen LogP) is 5.74. The largest absolute Gasteiger partial charge is 0.467 e. The number of benzene rings is 2. The third-order valence-electron chi connectivity index (χ3n) is 8.63. The van der Waals surface area contributed by atoms with E-state index in [2.05, 4.69) is 32.2 Å². The smallest absolute Gasteiger partial charge is 0.407 e. The third-order valence-corrected chi connectivity index (χ3v) is 8.63. The van der Waals surface area contributed by atoms with E-state index in [1.165, 1.54) is 33.0 Å². The van der Waals surface area contributed by atoms with E-state index in [1.807, 2.05) is 48.2 Å². The maximum atomic E-state index is 16.3. The summed E-state index contributed by atoms with van der Waals surface area (Å²) in [6.07, 6.45) is 6.95. The number of rotatable bonds is 1. The van der Waals surface area contributed by atoms with Gasteiger partial charge >= 0.3 is 12.1 Å². The van der Waals surface area contributed by atoms with Gasteiger partial charge in [-0.05, 0) is 81.9 Å². The molecule has 1 unspecified atom stereocenters. The van der Waals surface area contributed by atoms with Gasteiger partial charge < -0.3 is 24.6 Å². The maximum Gasteiger partial charge on any atom is 0.407 e. The van der Waals surface area contributed by atoms with Crippen molar-refractivity contribution >= 4 is 33.6 Å². The number of pyridine rings is 1. The number of fused-ring (bicyclic) bond motifs is 6. The topological polar surface area (TPSA) is 92.7 Å². The summed E-state index contributed by atoms with van der Waals surface area (Å²) in [5.74, 6) is 0.0197. The number of anilines is 1. The highest BCUT2D eigenvalue weighted by Gasteiger charge is 2.35. The Labute approximate surface area is 251 Å². The molecule has 0 spiro atoms. The summed E-state index contributed by atoms with van der Waals surface area (Å²) in [4.78, 5) is 30.7. The van der Waals surface area contributed by atoms with Gasteiger partial charge in [-0.2, -0.15) is 9.97 Å². The van der Waals surface area contributed by atoms with E-state index in [9.17, 15) is 4.79 Å². The Kier molecular flexibility index (Phi) is 8.30. The van der Waals surface area contributed by atoms with E-state index in [1.54, 1.807) is 6.20 Å². The fourth-order valence-corrected chi connectivity index (χ4v) is 6.47. The molecule has 43 heavy (non-hydrogen) atoms. The van der Waals surface area contributed by atoms with Crippen molar-refractivity contribution in [1.29, 1.82) is 0 Å². The van der Waals surface area contributed by atoms with Crippen molar-refractivity contribution in [2.75, 3.05) is 51.8 Å². The number of aromatic nitrogens is 3. The molecule has 6 heterocycles. The zero-order valence-electron chi connectivity index (χ0n) is 25.2. The number of piperidine rings is 1. The molecule has 2 aromatic carbocycles. The van der Waals surface area contributed by atoms with Crippen molar-refractivity contribution in [3.63, 3.8) is 0 Å². The fourth-order valence-electron chi connectivity index (χ4n) is 6.47. The van der Waals surface area contributed by atoms with Crippen molar-refractivity contribution in [3.8, 4) is 17.3 Å². The van der Waals surface area contributed by atoms with Gasteiger partial charge in [-0.1, -0.05) is 36.4 Å². The van der Waals surface area contributed by atoms with Gasteiger partial charge in [0.25, 0.3) is 0 Å². The normalized spacial score (nSPS) is 20.8. The number of alkyl carbamates (subject to hydrolysis) is 1. The summed E-state index contributed by atoms with van der Waals surface area (Å²) >= 11 is 0. The van der Waals surface area contributed by atoms with Gasteiger partial charge in [0, 0.05) is 24.8 Å². The molecule has 4 aliphatic heterocycles. The molecular weight excluding hydrogens is 547 g/mol. The number of likely N-dealkylation sites (tertiary alicyclic amines) is 1. The lowest BCUT2D eigenvalue weighted by molar-refractivity contribution is 0.130. The van der Waals surface area contributed by atoms with Crippen LogP contribution in [0.3, 0.4) is 0 Å². The van der Waals surface area contributed by atoms with Crippen LogP contribution in [0, 0.1) is 5.82 Å². The average molecular weight is 587 g/mol. The standard InChI is InChI=1S/C28H28FN5O3.C5H11N/c1-28-12-6-13-34(16-28)25-20-15-30-23(22(29)24(20)31-26(32-25)36-2)19-11-4-9-17-7-3-8-18(21(17)19)10-5-14-37-27(35)33-28;1-6-4-2-3-5-6/h3-4,7-9,11,15H,5-6,10,12-14,16H2,1-2H3,(H,33,35);2-5H2,1H3. The highest BCUT2D eigenvalue weighted by atomic mass is 19.1. The third kappa shape index (κ3) is 6.06. The highest BCUT2D eigenvalue weighted by Crippen LogP contribution is 2.37. The number of methoxy groups -OCH3 is 1. The van der Waals surface area contributed by atoms with E-state index in [0.29, 0.717) is 42.7 Å². The van der Waals surface area contributed by atoms with Crippen molar-refractivity contribution in [2.24, 2.45) is 0 Å². The number of hydrogen-bond donors (Lipinski definition) is 1. The van der Waals surface area contributed by atoms with Crippen LogP contribution in [0.5, 0.6) is 6.01 Å². The van der Waals surface area contributed by atoms with Crippen LogP contribution in [0.25, 0.3) is 32.9 Å². The average Bonchev–Trinajstić information content (AvgIpc) is 3.49. The van der Waals surface area contributed by atoms with E-state index in [-0.39, 0.29) is 23.8 Å². The number of nitrogens with one attached hydrogen (secondary N) is 1. The highest BCUT2D eigenvalue weighted by molar-refractivity contribution is 6.00. The quantitative estimate of drug-likeness (QED) is 0.302. The lowest BCUT2D eigenvalue weighted by Gasteiger charge is -2.41. The van der Waals surface area contributed by atoms with Crippen molar-refractivity contribution in [3.05, 3.63) is 54.0 Å². The van der Waals surface area contributed by atoms with Crippen LogP contribution in [0.4, 0.5) is 15.0 Å². The molecule has 1 amide bonds. The molecule has 2 saturated heterocycles. The molecular formula is C33H39FN6O3. The number of carbonyl (C=O) groups is 1. The summed E-state index contributed by atoms with van der Waals surface area (Å²) in [7, 11) is 3.64. The predicted molar refractivity (Wildman–Crippen MR) is 166 cm³/mol. The van der Waals surface area contributed by atoms with Gasteiger partial charge in [-0.25, -0.2) is 9.18 Å². The molecule has 8 rings (SSSR count). The Morgan fingerprint density at radius 1 is 1.05 bits per heavy atom. The molecule has 0 aliphatic carbocycles. The summed E-state index contributed by atoms with van der Waals surface area (Å²) in [5.41, 5.74) is 1.59. The Morgan fingerprint density at radius 3 is 2.58 bits per heavy atom. The van der Waals surface area contributed by atoms with Gasteiger partial charge in [0.15, 0.2) is 5.82 Å². The number of halogens is 1. The molecule has 0 saturated carbocycles. The number of carbonyl (C=O) groups excluding carboxylic acids is 1. The molecule has 2 fully saturated rings. The van der Waals surface area contributed by atoms with Crippen molar-refractivity contribution < 1.29 is 18.7 Å². The monoisotopic (exact) mass is 586 g/mol. The minimum absolute atomic E-state index is 0.0784. The molecule has 4 aliphatic rings. The Morgan fingerprint density at radius 2 is 1.84 bits per heavy atom. The van der Waals surface area contributed by atoms with Crippen molar-refractivity contribution in [2.45, 2.75) is 51.0 Å². The number of aryl methyl sites for hydroxylation is 1. The Balaban J connectivity index is 0.000000491. The number of nitrogens with zero attached hydrogens (tertiary/aromatic N) is 5. The maximum absolute atomic E-state index is 16.3. The zero-order valence-corrected chi connectivity index (χ0v) is 25.2. The summed E-state index contributed by atoms with van der Waals surface area (Å²) < 4.78 is 27.2. The molecule has 226 valence electrons. The first-order valence-electron chi connectivity index (χ1n) is 15.1. The molecule has 9 nitrogen and oxygen atoms in total. The van der Waals surface area contributed by atoms with Crippen LogP contribution in [0.1, 0.15) is 44.6 Å². The van der Waals surface area contributed by atoms with Crippen LogP contribution in [-0.4, -0.2) is 78.4 Å². The van der Waals surface area contributed by atoms with Gasteiger partial charge in [0.2, 0.25) is 0 Å². The van der Waals surface area contributed by atoms with Crippen LogP contribution < -0.4 is 15.0 Å². The van der Waals surface area contributed by atoms with Gasteiger partial charge in [-0.3, -0.25) is 4.98 Å². The van der Waals surface area contributed by atoms with Crippen LogP contribution >= 0.6 is 0 Å². The van der Waals surface area contributed by atoms with Crippen molar-refractivity contribution in [1.82, 2.24) is 25.2 Å². The second-order valence-electron chi connectivity index (χ2n) is 12.0. The summed E-state index contributed by atoms with van der Waals surface area (Å²) in [6, 6.07) is 11.9. The van der Waals surface area contributed by atoms with E-state index < -0.39 is 17.4 Å². The Hall–Kier alpha value is -4.05. The van der Waals surface area contributed by atoms with E-state index in [0.717, 1.165) is 29.2 Å². The first-order chi connectivity index (χ1) is 20.8. The second-order valence-corrected chi connectivity index (χ2v) is 12.0. The van der Waals surface area contributed by atoms with Crippen LogP contribution in [-0.2, 0) is 11.2 Å². The molecule has 1 atom stereocenters. The minimum Gasteiger partial charge on any atom is -0.467 e. The van der Waals surface area contributed by atoms with Gasteiger partial charge in [-0.15, -0.1) is 0 Å². The summed E-state index contributed by atoms with van der Waals surface area (Å²) in [6.45, 7) is 6.08. The number of hydrogen-bond acceptors (Lipinski definition) is 8. The lowest BCUT2D eigenvalue weighted by atomic mass is 9.91. The zero-order chi connectivity index (χ0) is 30.0. The summed E-state index contributed by atoms with van der Waals surface area (Å²) in [5, 5.41) is 5.47. The van der Waals surface area contributed by atoms with E-state index in [4.69, 9.17) is 9.47 Å². The molecule has 1 N–H and O–H groups in total. The number of ether oxygens (including phenoxy) is 2. The Bertz CT molecular complexity index is 1640. The SMILES string of the molecule is CN1CCCC1.COc1nc2c3cnc(c(F)c3n1)-c1cccc3cccc(c13)CCCOC(=O)NC1(C)CCCN2C1. The first-order valence-corrected chi connectivity index (χ1v) is 15.1. The molecule has 4 aromatic rings. The second kappa shape index (κ2) is 12.3. The minimum atomic E-state index is -0.540. The molecule has 0 radical (unpaired) electrons. The van der Waals surface area contributed by atoms with Crippen LogP contribution in [0.2, 0.25) is 0 Å². The lowest BCUT2D eigenvalue weighted by Crippen LogP contribution is -2.57. The fraction of sp³-hybridized carbons (Fsp3) is 0.455. The van der Waals surface area contributed by atoms with Gasteiger partial charge in [0.05, 0.1) is 24.6 Å². The molecule has 2 aromatic heterocycles. The van der Waals surface area contributed by atoms with Gasteiger partial charge in [0.1, 0.15) is 17.0 Å². The van der Waals surface area contributed by atoms with Crippen LogP contribution in [0.15, 0.2) is 42.6 Å². The number of amides is 1.